The van der Waals surface area contributed by atoms with Crippen LogP contribution in [0.1, 0.15) is 27.1 Å². The van der Waals surface area contributed by atoms with Gasteiger partial charge in [0.05, 0.1) is 24.8 Å². The van der Waals surface area contributed by atoms with Crippen molar-refractivity contribution in [3.8, 4) is 11.5 Å². The van der Waals surface area contributed by atoms with Crippen molar-refractivity contribution in [1.29, 1.82) is 0 Å². The van der Waals surface area contributed by atoms with Crippen LogP contribution in [-0.4, -0.2) is 37.0 Å². The van der Waals surface area contributed by atoms with E-state index in [0.29, 0.717) is 36.4 Å². The third kappa shape index (κ3) is 3.12. The summed E-state index contributed by atoms with van der Waals surface area (Å²) in [4.78, 5) is 26.3. The molecule has 4 rings (SSSR count). The molecule has 0 atom stereocenters. The van der Waals surface area contributed by atoms with E-state index in [-0.39, 0.29) is 11.8 Å². The summed E-state index contributed by atoms with van der Waals surface area (Å²) in [6.45, 7) is 0.740. The second-order valence-corrected chi connectivity index (χ2v) is 6.35. The Morgan fingerprint density at radius 2 is 1.67 bits per heavy atom. The summed E-state index contributed by atoms with van der Waals surface area (Å²) < 4.78 is 11.0. The van der Waals surface area contributed by atoms with Gasteiger partial charge in [0, 0.05) is 11.9 Å². The summed E-state index contributed by atoms with van der Waals surface area (Å²) in [5.41, 5.74) is 0.824. The van der Waals surface area contributed by atoms with Gasteiger partial charge >= 0.3 is 0 Å². The maximum absolute atomic E-state index is 12.5. The number of rotatable bonds is 6. The average molecular weight is 361 g/mol. The highest BCUT2D eigenvalue weighted by molar-refractivity contribution is 6.21. The minimum absolute atomic E-state index is 0.261. The van der Waals surface area contributed by atoms with Crippen molar-refractivity contribution in [3.63, 3.8) is 0 Å². The van der Waals surface area contributed by atoms with E-state index in [0.717, 1.165) is 16.5 Å². The van der Waals surface area contributed by atoms with Gasteiger partial charge in [0.15, 0.2) is 0 Å². The van der Waals surface area contributed by atoms with Crippen LogP contribution in [0.3, 0.4) is 0 Å². The van der Waals surface area contributed by atoms with Crippen molar-refractivity contribution in [2.75, 3.05) is 20.3 Å². The summed E-state index contributed by atoms with van der Waals surface area (Å²) in [7, 11) is 1.53. The largest absolute Gasteiger partial charge is 0.497 e. The minimum Gasteiger partial charge on any atom is -0.497 e. The van der Waals surface area contributed by atoms with Gasteiger partial charge in [-0.15, -0.1) is 0 Å². The Hall–Kier alpha value is -3.34. The predicted molar refractivity (Wildman–Crippen MR) is 102 cm³/mol. The van der Waals surface area contributed by atoms with Gasteiger partial charge < -0.3 is 9.47 Å². The van der Waals surface area contributed by atoms with Gasteiger partial charge in [-0.3, -0.25) is 14.5 Å². The number of methoxy groups -OCH3 is 1. The first-order valence-electron chi connectivity index (χ1n) is 8.84. The topological polar surface area (TPSA) is 55.8 Å². The number of benzene rings is 3. The molecule has 1 aliphatic rings. The Balaban J connectivity index is 1.40. The smallest absolute Gasteiger partial charge is 0.261 e. The minimum atomic E-state index is -0.279. The van der Waals surface area contributed by atoms with Gasteiger partial charge in [0.25, 0.3) is 11.8 Å². The van der Waals surface area contributed by atoms with Crippen molar-refractivity contribution < 1.29 is 19.1 Å². The number of ether oxygens (including phenoxy) is 2. The van der Waals surface area contributed by atoms with Crippen molar-refractivity contribution in [3.05, 3.63) is 71.8 Å². The van der Waals surface area contributed by atoms with Gasteiger partial charge in [-0.25, -0.2) is 0 Å². The van der Waals surface area contributed by atoms with Gasteiger partial charge in [0.2, 0.25) is 0 Å². The normalized spacial score (nSPS) is 13.1. The van der Waals surface area contributed by atoms with Crippen LogP contribution in [0.25, 0.3) is 10.8 Å². The maximum Gasteiger partial charge on any atom is 0.261 e. The molecule has 136 valence electrons. The molecule has 0 saturated heterocycles. The number of imide groups is 1. The SMILES string of the molecule is COc1ccc2c(c1)C(=O)N(CCCOc1cccc3ccccc13)C2=O. The fourth-order valence-electron chi connectivity index (χ4n) is 3.33. The molecule has 1 heterocycles. The lowest BCUT2D eigenvalue weighted by Gasteiger charge is -2.14. The molecular weight excluding hydrogens is 342 g/mol. The number of hydrogen-bond acceptors (Lipinski definition) is 4. The van der Waals surface area contributed by atoms with Crippen molar-refractivity contribution in [1.82, 2.24) is 4.90 Å². The Bertz CT molecular complexity index is 1020. The Morgan fingerprint density at radius 3 is 2.52 bits per heavy atom. The fraction of sp³-hybridized carbons (Fsp3) is 0.182. The molecule has 0 aliphatic carbocycles. The second-order valence-electron chi connectivity index (χ2n) is 6.35. The summed E-state index contributed by atoms with van der Waals surface area (Å²) in [6, 6.07) is 18.9. The van der Waals surface area contributed by atoms with E-state index < -0.39 is 0 Å². The van der Waals surface area contributed by atoms with E-state index in [4.69, 9.17) is 9.47 Å². The van der Waals surface area contributed by atoms with Crippen LogP contribution in [0.15, 0.2) is 60.7 Å². The van der Waals surface area contributed by atoms with E-state index in [2.05, 4.69) is 0 Å². The molecule has 3 aromatic carbocycles. The molecule has 0 bridgehead atoms. The maximum atomic E-state index is 12.5. The van der Waals surface area contributed by atoms with Crippen molar-refractivity contribution in [2.45, 2.75) is 6.42 Å². The molecule has 0 N–H and O–H groups in total. The Labute approximate surface area is 157 Å². The van der Waals surface area contributed by atoms with E-state index in [1.807, 2.05) is 42.5 Å². The quantitative estimate of drug-likeness (QED) is 0.493. The summed E-state index contributed by atoms with van der Waals surface area (Å²) in [6.07, 6.45) is 0.561. The second kappa shape index (κ2) is 7.11. The first-order valence-corrected chi connectivity index (χ1v) is 8.84. The number of hydrogen-bond donors (Lipinski definition) is 0. The predicted octanol–water partition coefficient (Wildman–Crippen LogP) is 3.91. The van der Waals surface area contributed by atoms with Crippen LogP contribution < -0.4 is 9.47 Å². The van der Waals surface area contributed by atoms with Gasteiger partial charge in [-0.1, -0.05) is 36.4 Å². The van der Waals surface area contributed by atoms with Crippen LogP contribution in [0.5, 0.6) is 11.5 Å². The standard InChI is InChI=1S/C22H19NO4/c1-26-16-10-11-18-19(14-16)22(25)23(21(18)24)12-5-13-27-20-9-4-7-15-6-2-3-8-17(15)20/h2-4,6-11,14H,5,12-13H2,1H3. The van der Waals surface area contributed by atoms with Crippen LogP contribution in [-0.2, 0) is 0 Å². The number of carbonyl (C=O) groups is 2. The van der Waals surface area contributed by atoms with E-state index in [1.165, 1.54) is 12.0 Å². The highest BCUT2D eigenvalue weighted by Gasteiger charge is 2.35. The molecule has 0 aromatic heterocycles. The molecule has 3 aromatic rings. The first-order chi connectivity index (χ1) is 13.2. The van der Waals surface area contributed by atoms with Crippen molar-refractivity contribution in [2.24, 2.45) is 0 Å². The van der Waals surface area contributed by atoms with Gasteiger partial charge in [0.1, 0.15) is 11.5 Å². The van der Waals surface area contributed by atoms with Crippen LogP contribution in [0.4, 0.5) is 0 Å². The summed E-state index contributed by atoms with van der Waals surface area (Å²) in [5.74, 6) is 0.832. The Kier molecular flexibility index (Phi) is 4.50. The number of amides is 2. The number of nitrogens with zero attached hydrogens (tertiary/aromatic N) is 1. The molecule has 2 amide bonds. The lowest BCUT2D eigenvalue weighted by molar-refractivity contribution is 0.0646. The van der Waals surface area contributed by atoms with Crippen LogP contribution in [0, 0.1) is 0 Å². The molecule has 1 aliphatic heterocycles. The average Bonchev–Trinajstić information content (AvgIpc) is 2.95. The summed E-state index contributed by atoms with van der Waals surface area (Å²) in [5, 5.41) is 2.16. The molecule has 27 heavy (non-hydrogen) atoms. The molecule has 0 saturated carbocycles. The first kappa shape index (κ1) is 17.1. The zero-order valence-corrected chi connectivity index (χ0v) is 15.0. The van der Waals surface area contributed by atoms with E-state index in [9.17, 15) is 9.59 Å². The third-order valence-corrected chi connectivity index (χ3v) is 4.71. The highest BCUT2D eigenvalue weighted by atomic mass is 16.5. The summed E-state index contributed by atoms with van der Waals surface area (Å²) >= 11 is 0. The van der Waals surface area contributed by atoms with Crippen molar-refractivity contribution >= 4 is 22.6 Å². The molecule has 0 fully saturated rings. The number of fused-ring (bicyclic) bond motifs is 2. The fourth-order valence-corrected chi connectivity index (χ4v) is 3.33. The van der Waals surface area contributed by atoms with E-state index >= 15 is 0 Å². The van der Waals surface area contributed by atoms with Gasteiger partial charge in [-0.2, -0.15) is 0 Å². The van der Waals surface area contributed by atoms with Crippen LogP contribution >= 0.6 is 0 Å². The molecule has 0 spiro atoms. The zero-order chi connectivity index (χ0) is 18.8. The Morgan fingerprint density at radius 1 is 0.889 bits per heavy atom. The third-order valence-electron chi connectivity index (χ3n) is 4.71. The number of carbonyl (C=O) groups excluding carboxylic acids is 2. The van der Waals surface area contributed by atoms with E-state index in [1.54, 1.807) is 18.2 Å². The molecular formula is C22H19NO4. The molecule has 0 radical (unpaired) electrons. The molecule has 5 nitrogen and oxygen atoms in total. The highest BCUT2D eigenvalue weighted by Crippen LogP contribution is 2.27. The lowest BCUT2D eigenvalue weighted by Crippen LogP contribution is -2.31. The molecule has 0 unspecified atom stereocenters. The van der Waals surface area contributed by atoms with Crippen LogP contribution in [0.2, 0.25) is 0 Å². The van der Waals surface area contributed by atoms with Gasteiger partial charge in [-0.05, 0) is 36.1 Å². The molecule has 5 heteroatoms. The monoisotopic (exact) mass is 361 g/mol. The lowest BCUT2D eigenvalue weighted by atomic mass is 10.1. The zero-order valence-electron chi connectivity index (χ0n) is 15.0.